The second-order valence-corrected chi connectivity index (χ2v) is 3.98. The molecule has 0 N–H and O–H groups in total. The van der Waals surface area contributed by atoms with E-state index < -0.39 is 4.92 Å². The molecule has 0 aliphatic heterocycles. The molecule has 88 valence electrons. The van der Waals surface area contributed by atoms with Gasteiger partial charge in [-0.1, -0.05) is 32.0 Å². The molecule has 0 spiro atoms. The highest BCUT2D eigenvalue weighted by molar-refractivity contribution is 5.57. The molecule has 16 heavy (non-hydrogen) atoms. The molecule has 0 radical (unpaired) electrons. The lowest BCUT2D eigenvalue weighted by Gasteiger charge is -1.95. The Bertz CT molecular complexity index is 394. The van der Waals surface area contributed by atoms with Crippen LogP contribution in [0.1, 0.15) is 38.6 Å². The van der Waals surface area contributed by atoms with Gasteiger partial charge >= 0.3 is 5.69 Å². The maximum Gasteiger partial charge on any atom is 0.338 e. The summed E-state index contributed by atoms with van der Waals surface area (Å²) in [6, 6.07) is 0. The molecule has 0 unspecified atom stereocenters. The quantitative estimate of drug-likeness (QED) is 0.568. The molecule has 1 rings (SSSR count). The monoisotopic (exact) mass is 224 g/mol. The number of hydrogen-bond acceptors (Lipinski definition) is 4. The minimum atomic E-state index is -0.440. The predicted octanol–water partition coefficient (Wildman–Crippen LogP) is 3.20. The minimum absolute atomic E-state index is 0.0116. The van der Waals surface area contributed by atoms with Gasteiger partial charge in [0.2, 0.25) is 5.76 Å². The summed E-state index contributed by atoms with van der Waals surface area (Å²) < 4.78 is 4.95. The van der Waals surface area contributed by atoms with Gasteiger partial charge in [0.15, 0.2) is 5.69 Å². The van der Waals surface area contributed by atoms with Crippen molar-refractivity contribution in [2.45, 2.75) is 33.6 Å². The molecule has 0 aromatic carbocycles. The average Bonchev–Trinajstić information content (AvgIpc) is 2.60. The summed E-state index contributed by atoms with van der Waals surface area (Å²) in [6.07, 6.45) is 4.86. The standard InChI is InChI=1S/C11H16N2O3/c1-4-9-11(13(14)15)10(16-12-9)7-5-6-8(2)3/h5,7-8H,4,6H2,1-3H3/b7-5+. The first-order valence-electron chi connectivity index (χ1n) is 5.35. The number of hydrogen-bond donors (Lipinski definition) is 0. The van der Waals surface area contributed by atoms with E-state index in [-0.39, 0.29) is 11.4 Å². The highest BCUT2D eigenvalue weighted by atomic mass is 16.6. The number of rotatable bonds is 5. The lowest BCUT2D eigenvalue weighted by Crippen LogP contribution is -1.93. The fraction of sp³-hybridized carbons (Fsp3) is 0.545. The van der Waals surface area contributed by atoms with Gasteiger partial charge in [-0.05, 0) is 24.8 Å². The Labute approximate surface area is 94.3 Å². The molecule has 1 heterocycles. The van der Waals surface area contributed by atoms with Gasteiger partial charge in [0.25, 0.3) is 0 Å². The Morgan fingerprint density at radius 2 is 2.25 bits per heavy atom. The van der Waals surface area contributed by atoms with E-state index in [0.29, 0.717) is 18.0 Å². The van der Waals surface area contributed by atoms with Crippen LogP contribution in [0.15, 0.2) is 10.6 Å². The number of aromatic nitrogens is 1. The number of nitro groups is 1. The fourth-order valence-electron chi connectivity index (χ4n) is 1.32. The second kappa shape index (κ2) is 5.44. The Morgan fingerprint density at radius 1 is 1.56 bits per heavy atom. The third-order valence-corrected chi connectivity index (χ3v) is 2.16. The Hall–Kier alpha value is -1.65. The highest BCUT2D eigenvalue weighted by Crippen LogP contribution is 2.25. The van der Waals surface area contributed by atoms with E-state index in [2.05, 4.69) is 19.0 Å². The van der Waals surface area contributed by atoms with Crippen LogP contribution in [0.5, 0.6) is 0 Å². The zero-order valence-corrected chi connectivity index (χ0v) is 9.77. The van der Waals surface area contributed by atoms with Crippen molar-refractivity contribution in [1.82, 2.24) is 5.16 Å². The molecule has 0 saturated carbocycles. The highest BCUT2D eigenvalue weighted by Gasteiger charge is 2.23. The van der Waals surface area contributed by atoms with Crippen LogP contribution in [0.4, 0.5) is 5.69 Å². The van der Waals surface area contributed by atoms with Crippen molar-refractivity contribution in [3.63, 3.8) is 0 Å². The van der Waals surface area contributed by atoms with Crippen LogP contribution in [0, 0.1) is 16.0 Å². The first kappa shape index (κ1) is 12.4. The smallest absolute Gasteiger partial charge is 0.338 e. The van der Waals surface area contributed by atoms with E-state index in [1.165, 1.54) is 0 Å². The van der Waals surface area contributed by atoms with Crippen LogP contribution in [-0.2, 0) is 6.42 Å². The van der Waals surface area contributed by atoms with Gasteiger partial charge in [-0.15, -0.1) is 0 Å². The third kappa shape index (κ3) is 2.92. The van der Waals surface area contributed by atoms with Gasteiger partial charge in [0.1, 0.15) is 0 Å². The maximum absolute atomic E-state index is 10.8. The van der Waals surface area contributed by atoms with Gasteiger partial charge in [0.05, 0.1) is 4.92 Å². The van der Waals surface area contributed by atoms with Crippen molar-refractivity contribution in [3.05, 3.63) is 27.6 Å². The molecule has 1 aromatic rings. The van der Waals surface area contributed by atoms with Crippen LogP contribution < -0.4 is 0 Å². The van der Waals surface area contributed by atoms with Gasteiger partial charge in [-0.3, -0.25) is 10.1 Å². The molecule has 0 atom stereocenters. The molecule has 0 fully saturated rings. The molecule has 5 nitrogen and oxygen atoms in total. The van der Waals surface area contributed by atoms with Crippen LogP contribution >= 0.6 is 0 Å². The maximum atomic E-state index is 10.8. The summed E-state index contributed by atoms with van der Waals surface area (Å²) in [5.74, 6) is 0.756. The van der Waals surface area contributed by atoms with E-state index in [0.717, 1.165) is 6.42 Å². The van der Waals surface area contributed by atoms with Crippen molar-refractivity contribution in [2.75, 3.05) is 0 Å². The van der Waals surface area contributed by atoms with Crippen molar-refractivity contribution < 1.29 is 9.45 Å². The third-order valence-electron chi connectivity index (χ3n) is 2.16. The normalized spacial score (nSPS) is 11.5. The number of nitrogens with zero attached hydrogens (tertiary/aromatic N) is 2. The summed E-state index contributed by atoms with van der Waals surface area (Å²) in [5, 5.41) is 14.5. The SMILES string of the molecule is CCc1noc(/C=C/CC(C)C)c1[N+](=O)[O-]. The summed E-state index contributed by atoms with van der Waals surface area (Å²) in [6.45, 7) is 5.97. The van der Waals surface area contributed by atoms with Crippen LogP contribution in [0.2, 0.25) is 0 Å². The summed E-state index contributed by atoms with van der Waals surface area (Å²) in [4.78, 5) is 10.4. The Balaban J connectivity index is 2.92. The molecule has 5 heteroatoms. The van der Waals surface area contributed by atoms with Crippen LogP contribution in [0.25, 0.3) is 6.08 Å². The summed E-state index contributed by atoms with van der Waals surface area (Å²) in [5.41, 5.74) is 0.386. The number of allylic oxidation sites excluding steroid dienone is 1. The van der Waals surface area contributed by atoms with Crippen molar-refractivity contribution in [2.24, 2.45) is 5.92 Å². The Morgan fingerprint density at radius 3 is 2.75 bits per heavy atom. The molecule has 1 aromatic heterocycles. The molecule has 0 saturated heterocycles. The van der Waals surface area contributed by atoms with Crippen molar-refractivity contribution >= 4 is 11.8 Å². The predicted molar refractivity (Wildman–Crippen MR) is 61.0 cm³/mol. The van der Waals surface area contributed by atoms with Gasteiger partial charge in [0, 0.05) is 0 Å². The molecular weight excluding hydrogens is 208 g/mol. The number of aryl methyl sites for hydroxylation is 1. The van der Waals surface area contributed by atoms with Crippen LogP contribution in [-0.4, -0.2) is 10.1 Å². The van der Waals surface area contributed by atoms with E-state index in [1.54, 1.807) is 6.08 Å². The van der Waals surface area contributed by atoms with E-state index in [4.69, 9.17) is 4.52 Å². The van der Waals surface area contributed by atoms with Crippen LogP contribution in [0.3, 0.4) is 0 Å². The molecule has 0 bridgehead atoms. The average molecular weight is 224 g/mol. The summed E-state index contributed by atoms with van der Waals surface area (Å²) >= 11 is 0. The largest absolute Gasteiger partial charge is 0.349 e. The molecular formula is C11H16N2O3. The topological polar surface area (TPSA) is 69.2 Å². The van der Waals surface area contributed by atoms with Crippen molar-refractivity contribution in [3.8, 4) is 0 Å². The Kier molecular flexibility index (Phi) is 4.22. The van der Waals surface area contributed by atoms with E-state index in [9.17, 15) is 10.1 Å². The van der Waals surface area contributed by atoms with E-state index in [1.807, 2.05) is 13.0 Å². The second-order valence-electron chi connectivity index (χ2n) is 3.98. The van der Waals surface area contributed by atoms with Gasteiger partial charge in [-0.2, -0.15) is 0 Å². The first-order chi connectivity index (χ1) is 7.56. The molecule has 0 aliphatic rings. The zero-order chi connectivity index (χ0) is 12.1. The molecule has 0 aliphatic carbocycles. The van der Waals surface area contributed by atoms with E-state index >= 15 is 0 Å². The van der Waals surface area contributed by atoms with Crippen molar-refractivity contribution in [1.29, 1.82) is 0 Å². The van der Waals surface area contributed by atoms with Gasteiger partial charge < -0.3 is 4.52 Å². The summed E-state index contributed by atoms with van der Waals surface area (Å²) in [7, 11) is 0. The fourth-order valence-corrected chi connectivity index (χ4v) is 1.32. The first-order valence-corrected chi connectivity index (χ1v) is 5.35. The lowest BCUT2D eigenvalue weighted by atomic mass is 10.1. The lowest BCUT2D eigenvalue weighted by molar-refractivity contribution is -0.386. The van der Waals surface area contributed by atoms with Gasteiger partial charge in [-0.25, -0.2) is 0 Å². The molecule has 0 amide bonds. The minimum Gasteiger partial charge on any atom is -0.349 e. The zero-order valence-electron chi connectivity index (χ0n) is 9.77.